The number of fused-ring (bicyclic) bond motifs is 3. The van der Waals surface area contributed by atoms with Crippen molar-refractivity contribution in [3.05, 3.63) is 41.7 Å². The molecule has 0 aliphatic carbocycles. The van der Waals surface area contributed by atoms with Gasteiger partial charge in [0.1, 0.15) is 11.4 Å². The van der Waals surface area contributed by atoms with E-state index in [2.05, 4.69) is 42.2 Å². The number of carbonyl (C=O) groups is 1. The lowest BCUT2D eigenvalue weighted by Gasteiger charge is -2.27. The van der Waals surface area contributed by atoms with E-state index in [0.29, 0.717) is 6.54 Å². The fourth-order valence-corrected chi connectivity index (χ4v) is 3.69. The van der Waals surface area contributed by atoms with Gasteiger partial charge in [0.15, 0.2) is 0 Å². The maximum absolute atomic E-state index is 12.6. The van der Waals surface area contributed by atoms with Gasteiger partial charge in [-0.2, -0.15) is 0 Å². The van der Waals surface area contributed by atoms with E-state index in [9.17, 15) is 4.79 Å². The number of rotatable bonds is 1. The summed E-state index contributed by atoms with van der Waals surface area (Å²) < 4.78 is 5.58. The van der Waals surface area contributed by atoms with Crippen LogP contribution >= 0.6 is 0 Å². The molecule has 1 fully saturated rings. The van der Waals surface area contributed by atoms with Crippen LogP contribution in [0.25, 0.3) is 21.8 Å². The first-order chi connectivity index (χ1) is 12.3. The molecular weight excluding hydrogens is 326 g/mol. The van der Waals surface area contributed by atoms with Crippen LogP contribution in [0.3, 0.4) is 0 Å². The SMILES string of the molecule is Cc1ccc2c(ccc3[nH]c([C@@H]4CCCN4C(=O)OC(C)(C)C)nc32)c1. The van der Waals surface area contributed by atoms with Crippen molar-refractivity contribution in [1.29, 1.82) is 0 Å². The van der Waals surface area contributed by atoms with Gasteiger partial charge in [0.05, 0.1) is 17.1 Å². The average molecular weight is 351 g/mol. The highest BCUT2D eigenvalue weighted by Gasteiger charge is 2.35. The first kappa shape index (κ1) is 16.9. The molecular formula is C21H25N3O2. The zero-order chi connectivity index (χ0) is 18.5. The molecule has 1 atom stereocenters. The van der Waals surface area contributed by atoms with E-state index in [0.717, 1.165) is 35.1 Å². The number of imidazole rings is 1. The fourth-order valence-electron chi connectivity index (χ4n) is 3.69. The Balaban J connectivity index is 1.71. The Kier molecular flexibility index (Phi) is 3.90. The molecule has 2 heterocycles. The third-order valence-electron chi connectivity index (χ3n) is 4.84. The quantitative estimate of drug-likeness (QED) is 0.664. The zero-order valence-corrected chi connectivity index (χ0v) is 15.8. The summed E-state index contributed by atoms with van der Waals surface area (Å²) in [7, 11) is 0. The molecule has 5 heteroatoms. The summed E-state index contributed by atoms with van der Waals surface area (Å²) in [5.41, 5.74) is 2.71. The van der Waals surface area contributed by atoms with Crippen molar-refractivity contribution in [2.45, 2.75) is 52.2 Å². The van der Waals surface area contributed by atoms with E-state index in [4.69, 9.17) is 9.72 Å². The molecule has 0 radical (unpaired) electrons. The molecule has 0 bridgehead atoms. The third kappa shape index (κ3) is 3.02. The summed E-state index contributed by atoms with van der Waals surface area (Å²) in [5, 5.41) is 2.32. The van der Waals surface area contributed by atoms with Crippen LogP contribution in [0.4, 0.5) is 4.79 Å². The van der Waals surface area contributed by atoms with Crippen molar-refractivity contribution in [2.24, 2.45) is 0 Å². The van der Waals surface area contributed by atoms with E-state index in [1.807, 2.05) is 20.8 Å². The number of hydrogen-bond donors (Lipinski definition) is 1. The highest BCUT2D eigenvalue weighted by atomic mass is 16.6. The monoisotopic (exact) mass is 351 g/mol. The number of aryl methyl sites for hydroxylation is 1. The molecule has 5 nitrogen and oxygen atoms in total. The number of hydrogen-bond acceptors (Lipinski definition) is 3. The standard InChI is InChI=1S/C21H25N3O2/c1-13-7-9-15-14(12-13)8-10-16-18(15)23-19(22-16)17-6-5-11-24(17)20(25)26-21(2,3)4/h7-10,12,17H,5-6,11H2,1-4H3,(H,22,23)/t17-/m0/s1. The zero-order valence-electron chi connectivity index (χ0n) is 15.8. The lowest BCUT2D eigenvalue weighted by molar-refractivity contribution is 0.0219. The van der Waals surface area contributed by atoms with Gasteiger partial charge < -0.3 is 9.72 Å². The highest BCUT2D eigenvalue weighted by molar-refractivity contribution is 6.04. The number of likely N-dealkylation sites (tertiary alicyclic amines) is 1. The van der Waals surface area contributed by atoms with E-state index in [1.54, 1.807) is 4.90 Å². The number of H-pyrrole nitrogens is 1. The van der Waals surface area contributed by atoms with Gasteiger partial charge in [-0.15, -0.1) is 0 Å². The van der Waals surface area contributed by atoms with Crippen LogP contribution in [-0.2, 0) is 4.74 Å². The largest absolute Gasteiger partial charge is 0.444 e. The van der Waals surface area contributed by atoms with E-state index < -0.39 is 5.60 Å². The Morgan fingerprint density at radius 2 is 2.08 bits per heavy atom. The molecule has 26 heavy (non-hydrogen) atoms. The predicted octanol–water partition coefficient (Wildman–Crippen LogP) is 5.10. The molecule has 1 aliphatic rings. The second-order valence-corrected chi connectivity index (χ2v) is 8.14. The van der Waals surface area contributed by atoms with Gasteiger partial charge in [-0.05, 0) is 52.0 Å². The van der Waals surface area contributed by atoms with Gasteiger partial charge in [0, 0.05) is 11.9 Å². The maximum Gasteiger partial charge on any atom is 0.410 e. The van der Waals surface area contributed by atoms with E-state index in [1.165, 1.54) is 10.9 Å². The maximum atomic E-state index is 12.6. The van der Waals surface area contributed by atoms with E-state index in [-0.39, 0.29) is 12.1 Å². The van der Waals surface area contributed by atoms with Crippen LogP contribution in [0, 0.1) is 6.92 Å². The molecule has 0 unspecified atom stereocenters. The summed E-state index contributed by atoms with van der Waals surface area (Å²) in [5.74, 6) is 0.844. The summed E-state index contributed by atoms with van der Waals surface area (Å²) in [6.07, 6.45) is 1.60. The lowest BCUT2D eigenvalue weighted by atomic mass is 10.1. The van der Waals surface area contributed by atoms with Crippen molar-refractivity contribution >= 4 is 27.9 Å². The third-order valence-corrected chi connectivity index (χ3v) is 4.84. The molecule has 1 saturated heterocycles. The first-order valence-corrected chi connectivity index (χ1v) is 9.20. The number of ether oxygens (including phenoxy) is 1. The van der Waals surface area contributed by atoms with Crippen LogP contribution in [0.15, 0.2) is 30.3 Å². The van der Waals surface area contributed by atoms with Gasteiger partial charge in [-0.3, -0.25) is 4.90 Å². The first-order valence-electron chi connectivity index (χ1n) is 9.20. The van der Waals surface area contributed by atoms with Gasteiger partial charge in [0.25, 0.3) is 0 Å². The number of benzene rings is 2. The van der Waals surface area contributed by atoms with Crippen LogP contribution in [0.1, 0.15) is 51.0 Å². The molecule has 1 aromatic heterocycles. The second kappa shape index (κ2) is 6.01. The second-order valence-electron chi connectivity index (χ2n) is 8.14. The molecule has 3 aromatic rings. The van der Waals surface area contributed by atoms with Crippen molar-refractivity contribution in [3.63, 3.8) is 0 Å². The Bertz CT molecular complexity index is 984. The molecule has 0 saturated carbocycles. The number of nitrogens with zero attached hydrogens (tertiary/aromatic N) is 2. The van der Waals surface area contributed by atoms with Crippen molar-refractivity contribution < 1.29 is 9.53 Å². The Labute approximate surface area is 153 Å². The Morgan fingerprint density at radius 3 is 2.85 bits per heavy atom. The molecule has 2 aromatic carbocycles. The Hall–Kier alpha value is -2.56. The molecule has 1 amide bonds. The molecule has 0 spiro atoms. The minimum atomic E-state index is -0.494. The van der Waals surface area contributed by atoms with Crippen LogP contribution in [-0.4, -0.2) is 33.1 Å². The normalized spacial score (nSPS) is 18.0. The Morgan fingerprint density at radius 1 is 1.27 bits per heavy atom. The smallest absolute Gasteiger partial charge is 0.410 e. The molecule has 136 valence electrons. The highest BCUT2D eigenvalue weighted by Crippen LogP contribution is 2.34. The van der Waals surface area contributed by atoms with Gasteiger partial charge >= 0.3 is 6.09 Å². The van der Waals surface area contributed by atoms with Gasteiger partial charge in [0.2, 0.25) is 0 Å². The summed E-state index contributed by atoms with van der Waals surface area (Å²) >= 11 is 0. The summed E-state index contributed by atoms with van der Waals surface area (Å²) in [6, 6.07) is 10.5. The predicted molar refractivity (Wildman–Crippen MR) is 103 cm³/mol. The minimum absolute atomic E-state index is 0.0576. The molecule has 1 N–H and O–H groups in total. The van der Waals surface area contributed by atoms with Gasteiger partial charge in [-0.25, -0.2) is 9.78 Å². The summed E-state index contributed by atoms with van der Waals surface area (Å²) in [6.45, 7) is 8.48. The van der Waals surface area contributed by atoms with E-state index >= 15 is 0 Å². The van der Waals surface area contributed by atoms with Crippen molar-refractivity contribution in [2.75, 3.05) is 6.54 Å². The minimum Gasteiger partial charge on any atom is -0.444 e. The fraction of sp³-hybridized carbons (Fsp3) is 0.429. The average Bonchev–Trinajstić information content (AvgIpc) is 3.19. The van der Waals surface area contributed by atoms with Crippen molar-refractivity contribution in [3.8, 4) is 0 Å². The number of nitrogens with one attached hydrogen (secondary N) is 1. The van der Waals surface area contributed by atoms with Crippen LogP contribution in [0.5, 0.6) is 0 Å². The van der Waals surface area contributed by atoms with Crippen molar-refractivity contribution in [1.82, 2.24) is 14.9 Å². The number of carbonyl (C=O) groups excluding carboxylic acids is 1. The lowest BCUT2D eigenvalue weighted by Crippen LogP contribution is -2.36. The summed E-state index contributed by atoms with van der Waals surface area (Å²) in [4.78, 5) is 22.7. The molecule has 1 aliphatic heterocycles. The number of aromatic amines is 1. The van der Waals surface area contributed by atoms with Gasteiger partial charge in [-0.1, -0.05) is 29.8 Å². The topological polar surface area (TPSA) is 58.2 Å². The van der Waals surface area contributed by atoms with Crippen LogP contribution in [0.2, 0.25) is 0 Å². The number of aromatic nitrogens is 2. The van der Waals surface area contributed by atoms with Crippen LogP contribution < -0.4 is 0 Å². The molecule has 4 rings (SSSR count). The number of amides is 1.